The van der Waals surface area contributed by atoms with E-state index in [1.54, 1.807) is 0 Å². The van der Waals surface area contributed by atoms with Crippen molar-refractivity contribution < 1.29 is 4.74 Å². The van der Waals surface area contributed by atoms with Gasteiger partial charge in [-0.25, -0.2) is 0 Å². The largest absolute Gasteiger partial charge is 0.492 e. The van der Waals surface area contributed by atoms with Gasteiger partial charge in [-0.05, 0) is 37.5 Å². The Morgan fingerprint density at radius 2 is 1.74 bits per heavy atom. The fraction of sp³-hybridized carbons (Fsp3) is 0.625. The van der Waals surface area contributed by atoms with E-state index in [4.69, 9.17) is 10.5 Å². The normalized spacial score (nSPS) is 11.6. The SMILES string of the molecule is CC(C)CN(CCOc1ccc(CN)cc1)C(C)C. The summed E-state index contributed by atoms with van der Waals surface area (Å²) in [6.07, 6.45) is 0. The van der Waals surface area contributed by atoms with Crippen molar-refractivity contribution in [2.75, 3.05) is 19.7 Å². The molecular weight excluding hydrogens is 236 g/mol. The maximum atomic E-state index is 5.79. The second-order valence-corrected chi connectivity index (χ2v) is 5.68. The van der Waals surface area contributed by atoms with Crippen molar-refractivity contribution in [3.8, 4) is 5.75 Å². The van der Waals surface area contributed by atoms with E-state index in [0.29, 0.717) is 18.5 Å². The molecule has 0 fully saturated rings. The van der Waals surface area contributed by atoms with Crippen molar-refractivity contribution in [2.45, 2.75) is 40.3 Å². The van der Waals surface area contributed by atoms with Crippen LogP contribution in [0.25, 0.3) is 0 Å². The van der Waals surface area contributed by atoms with Crippen molar-refractivity contribution in [3.05, 3.63) is 29.8 Å². The van der Waals surface area contributed by atoms with Gasteiger partial charge in [0.1, 0.15) is 12.4 Å². The Labute approximate surface area is 117 Å². The van der Waals surface area contributed by atoms with Gasteiger partial charge in [-0.1, -0.05) is 26.0 Å². The van der Waals surface area contributed by atoms with Crippen LogP contribution >= 0.6 is 0 Å². The minimum Gasteiger partial charge on any atom is -0.492 e. The average Bonchev–Trinajstić information content (AvgIpc) is 2.37. The summed E-state index contributed by atoms with van der Waals surface area (Å²) in [6, 6.07) is 8.58. The van der Waals surface area contributed by atoms with Crippen LogP contribution in [0.1, 0.15) is 33.3 Å². The second-order valence-electron chi connectivity index (χ2n) is 5.68. The van der Waals surface area contributed by atoms with E-state index in [-0.39, 0.29) is 0 Å². The molecule has 108 valence electrons. The van der Waals surface area contributed by atoms with Crippen LogP contribution in [0, 0.1) is 5.92 Å². The molecule has 1 aromatic carbocycles. The van der Waals surface area contributed by atoms with Gasteiger partial charge in [0.2, 0.25) is 0 Å². The van der Waals surface area contributed by atoms with E-state index in [1.165, 1.54) is 0 Å². The van der Waals surface area contributed by atoms with Gasteiger partial charge in [0.05, 0.1) is 0 Å². The number of ether oxygens (including phenoxy) is 1. The molecule has 0 spiro atoms. The summed E-state index contributed by atoms with van der Waals surface area (Å²) < 4.78 is 5.79. The fourth-order valence-electron chi connectivity index (χ4n) is 2.03. The quantitative estimate of drug-likeness (QED) is 0.784. The summed E-state index contributed by atoms with van der Waals surface area (Å²) in [4.78, 5) is 2.46. The lowest BCUT2D eigenvalue weighted by Crippen LogP contribution is -2.37. The maximum absolute atomic E-state index is 5.79. The Kier molecular flexibility index (Phi) is 6.89. The molecule has 3 heteroatoms. The fourth-order valence-corrected chi connectivity index (χ4v) is 2.03. The summed E-state index contributed by atoms with van der Waals surface area (Å²) in [5.74, 6) is 1.61. The van der Waals surface area contributed by atoms with E-state index in [1.807, 2.05) is 24.3 Å². The summed E-state index contributed by atoms with van der Waals surface area (Å²) in [5.41, 5.74) is 6.71. The topological polar surface area (TPSA) is 38.5 Å². The molecule has 0 aromatic heterocycles. The van der Waals surface area contributed by atoms with Crippen LogP contribution in [-0.2, 0) is 6.54 Å². The molecule has 0 saturated heterocycles. The zero-order valence-electron chi connectivity index (χ0n) is 12.7. The van der Waals surface area contributed by atoms with Crippen LogP contribution in [-0.4, -0.2) is 30.6 Å². The number of benzene rings is 1. The highest BCUT2D eigenvalue weighted by Gasteiger charge is 2.10. The van der Waals surface area contributed by atoms with E-state index >= 15 is 0 Å². The van der Waals surface area contributed by atoms with Crippen molar-refractivity contribution in [1.29, 1.82) is 0 Å². The third-order valence-corrected chi connectivity index (χ3v) is 3.14. The first-order chi connectivity index (χ1) is 9.02. The predicted molar refractivity (Wildman–Crippen MR) is 81.4 cm³/mol. The van der Waals surface area contributed by atoms with Gasteiger partial charge in [-0.15, -0.1) is 0 Å². The molecule has 3 nitrogen and oxygen atoms in total. The first-order valence-corrected chi connectivity index (χ1v) is 7.18. The summed E-state index contributed by atoms with van der Waals surface area (Å²) in [7, 11) is 0. The molecule has 0 heterocycles. The number of hydrogen-bond acceptors (Lipinski definition) is 3. The molecule has 0 aliphatic heterocycles. The average molecular weight is 264 g/mol. The molecule has 1 rings (SSSR count). The third kappa shape index (κ3) is 6.08. The van der Waals surface area contributed by atoms with E-state index < -0.39 is 0 Å². The Bertz CT molecular complexity index is 346. The minimum atomic E-state index is 0.561. The molecule has 19 heavy (non-hydrogen) atoms. The zero-order valence-corrected chi connectivity index (χ0v) is 12.7. The molecule has 2 N–H and O–H groups in total. The van der Waals surface area contributed by atoms with Gasteiger partial charge >= 0.3 is 0 Å². The lowest BCUT2D eigenvalue weighted by Gasteiger charge is -2.28. The second kappa shape index (κ2) is 8.18. The monoisotopic (exact) mass is 264 g/mol. The molecule has 1 aromatic rings. The molecule has 0 bridgehead atoms. The van der Waals surface area contributed by atoms with Crippen molar-refractivity contribution in [3.63, 3.8) is 0 Å². The Morgan fingerprint density at radius 1 is 1.11 bits per heavy atom. The highest BCUT2D eigenvalue weighted by molar-refractivity contribution is 5.27. The van der Waals surface area contributed by atoms with Crippen LogP contribution in [0.2, 0.25) is 0 Å². The van der Waals surface area contributed by atoms with Gasteiger partial charge in [0.25, 0.3) is 0 Å². The molecular formula is C16H28N2O. The van der Waals surface area contributed by atoms with Crippen molar-refractivity contribution >= 4 is 0 Å². The maximum Gasteiger partial charge on any atom is 0.119 e. The number of nitrogens with two attached hydrogens (primary N) is 1. The van der Waals surface area contributed by atoms with Crippen LogP contribution in [0.15, 0.2) is 24.3 Å². The zero-order chi connectivity index (χ0) is 14.3. The summed E-state index contributed by atoms with van der Waals surface area (Å²) in [6.45, 7) is 12.4. The van der Waals surface area contributed by atoms with E-state index in [2.05, 4.69) is 32.6 Å². The lowest BCUT2D eigenvalue weighted by molar-refractivity contribution is 0.160. The predicted octanol–water partition coefficient (Wildman–Crippen LogP) is 2.89. The highest BCUT2D eigenvalue weighted by atomic mass is 16.5. The third-order valence-electron chi connectivity index (χ3n) is 3.14. The van der Waals surface area contributed by atoms with Crippen LogP contribution in [0.3, 0.4) is 0 Å². The van der Waals surface area contributed by atoms with Gasteiger partial charge < -0.3 is 10.5 Å². The Balaban J connectivity index is 2.38. The van der Waals surface area contributed by atoms with Crippen LogP contribution in [0.5, 0.6) is 5.75 Å². The van der Waals surface area contributed by atoms with Gasteiger partial charge in [0, 0.05) is 25.7 Å². The van der Waals surface area contributed by atoms with Crippen LogP contribution < -0.4 is 10.5 Å². The standard InChI is InChI=1S/C16H28N2O/c1-13(2)12-18(14(3)4)9-10-19-16-7-5-15(11-17)6-8-16/h5-8,13-14H,9-12,17H2,1-4H3. The highest BCUT2D eigenvalue weighted by Crippen LogP contribution is 2.12. The van der Waals surface area contributed by atoms with E-state index in [0.717, 1.165) is 31.0 Å². The Hall–Kier alpha value is -1.06. The van der Waals surface area contributed by atoms with Gasteiger partial charge in [-0.2, -0.15) is 0 Å². The summed E-state index contributed by atoms with van der Waals surface area (Å²) >= 11 is 0. The van der Waals surface area contributed by atoms with Gasteiger partial charge in [-0.3, -0.25) is 4.90 Å². The minimum absolute atomic E-state index is 0.561. The molecule has 0 aliphatic carbocycles. The Morgan fingerprint density at radius 3 is 2.21 bits per heavy atom. The van der Waals surface area contributed by atoms with Crippen molar-refractivity contribution in [1.82, 2.24) is 4.90 Å². The lowest BCUT2D eigenvalue weighted by atomic mass is 10.2. The smallest absolute Gasteiger partial charge is 0.119 e. The number of nitrogens with zero attached hydrogens (tertiary/aromatic N) is 1. The first-order valence-electron chi connectivity index (χ1n) is 7.18. The first kappa shape index (κ1) is 16.0. The molecule has 0 aliphatic rings. The van der Waals surface area contributed by atoms with E-state index in [9.17, 15) is 0 Å². The number of rotatable bonds is 8. The molecule has 0 amide bonds. The molecule has 0 atom stereocenters. The summed E-state index contributed by atoms with van der Waals surface area (Å²) in [5, 5.41) is 0. The number of hydrogen-bond donors (Lipinski definition) is 1. The van der Waals surface area contributed by atoms with Gasteiger partial charge in [0.15, 0.2) is 0 Å². The van der Waals surface area contributed by atoms with Crippen LogP contribution in [0.4, 0.5) is 0 Å². The molecule has 0 radical (unpaired) electrons. The molecule has 0 unspecified atom stereocenters. The molecule has 0 saturated carbocycles. The van der Waals surface area contributed by atoms with Crippen molar-refractivity contribution in [2.24, 2.45) is 11.7 Å².